The van der Waals surface area contributed by atoms with Gasteiger partial charge in [0.25, 0.3) is 0 Å². The van der Waals surface area contributed by atoms with Crippen molar-refractivity contribution in [1.29, 1.82) is 0 Å². The van der Waals surface area contributed by atoms with Crippen molar-refractivity contribution in [2.45, 2.75) is 70.2 Å². The Bertz CT molecular complexity index is 1150. The maximum absolute atomic E-state index is 14.1. The Balaban J connectivity index is 1.80. The van der Waals surface area contributed by atoms with Gasteiger partial charge in [-0.15, -0.1) is 0 Å². The number of methoxy groups -OCH3 is 1. The summed E-state index contributed by atoms with van der Waals surface area (Å²) in [6.45, 7) is 4.11. The third kappa shape index (κ3) is 5.14. The number of nitrogens with two attached hydrogens (primary N) is 1. The molecule has 6 heteroatoms. The van der Waals surface area contributed by atoms with Gasteiger partial charge in [-0.05, 0) is 71.9 Å². The van der Waals surface area contributed by atoms with Gasteiger partial charge in [-0.3, -0.25) is 4.98 Å². The number of hydrogen-bond acceptors (Lipinski definition) is 3. The molecule has 4 rings (SSSR count). The standard InChI is InChI=1S/C29H33F3N2O/c1-4-18-9-8-10-19(5-2)27(18)21-15-24(28(34-17-21)29(30,31)32)26(35-3)16-20-13-14-25(33)23-12-7-6-11-22(20)23/h6-12,15,17,20,25-26H,4-5,13-14,16,33H2,1-3H3/t20-,25-,26-/m0/s1. The topological polar surface area (TPSA) is 48.1 Å². The van der Waals surface area contributed by atoms with Crippen LogP contribution >= 0.6 is 0 Å². The molecule has 3 atom stereocenters. The number of pyridine rings is 1. The van der Waals surface area contributed by atoms with E-state index in [0.717, 1.165) is 53.5 Å². The molecule has 1 aliphatic rings. The van der Waals surface area contributed by atoms with Gasteiger partial charge in [0.05, 0.1) is 6.10 Å². The first-order valence-corrected chi connectivity index (χ1v) is 12.3. The van der Waals surface area contributed by atoms with Crippen LogP contribution in [0.25, 0.3) is 11.1 Å². The van der Waals surface area contributed by atoms with E-state index in [-0.39, 0.29) is 17.5 Å². The Hall–Kier alpha value is -2.70. The molecule has 0 unspecified atom stereocenters. The van der Waals surface area contributed by atoms with Crippen molar-refractivity contribution in [2.24, 2.45) is 5.73 Å². The summed E-state index contributed by atoms with van der Waals surface area (Å²) in [6.07, 6.45) is -0.345. The van der Waals surface area contributed by atoms with E-state index in [0.29, 0.717) is 12.0 Å². The van der Waals surface area contributed by atoms with Crippen LogP contribution in [0, 0.1) is 0 Å². The van der Waals surface area contributed by atoms with Crippen molar-refractivity contribution < 1.29 is 17.9 Å². The van der Waals surface area contributed by atoms with E-state index in [9.17, 15) is 13.2 Å². The van der Waals surface area contributed by atoms with E-state index in [1.165, 1.54) is 13.3 Å². The number of hydrogen-bond donors (Lipinski definition) is 1. The predicted octanol–water partition coefficient (Wildman–Crippen LogP) is 7.55. The molecule has 0 amide bonds. The second kappa shape index (κ2) is 10.5. The molecule has 186 valence electrons. The lowest BCUT2D eigenvalue weighted by Gasteiger charge is -2.32. The molecule has 0 saturated carbocycles. The number of nitrogens with zero attached hydrogens (tertiary/aromatic N) is 1. The summed E-state index contributed by atoms with van der Waals surface area (Å²) in [5.74, 6) is 0.0646. The van der Waals surface area contributed by atoms with Crippen LogP contribution in [0.15, 0.2) is 54.7 Å². The minimum Gasteiger partial charge on any atom is -0.377 e. The maximum Gasteiger partial charge on any atom is 0.433 e. The zero-order chi connectivity index (χ0) is 25.2. The molecule has 2 aromatic carbocycles. The molecule has 1 heterocycles. The average molecular weight is 483 g/mol. The predicted molar refractivity (Wildman–Crippen MR) is 133 cm³/mol. The van der Waals surface area contributed by atoms with Gasteiger partial charge in [0.15, 0.2) is 0 Å². The maximum atomic E-state index is 14.1. The monoisotopic (exact) mass is 482 g/mol. The van der Waals surface area contributed by atoms with Crippen LogP contribution in [0.3, 0.4) is 0 Å². The summed E-state index contributed by atoms with van der Waals surface area (Å²) in [5, 5.41) is 0. The van der Waals surface area contributed by atoms with Crippen molar-refractivity contribution >= 4 is 0 Å². The number of alkyl halides is 3. The van der Waals surface area contributed by atoms with Crippen LogP contribution in [0.5, 0.6) is 0 Å². The van der Waals surface area contributed by atoms with Gasteiger partial charge in [-0.25, -0.2) is 0 Å². The molecule has 3 nitrogen and oxygen atoms in total. The van der Waals surface area contributed by atoms with E-state index >= 15 is 0 Å². The van der Waals surface area contributed by atoms with Crippen molar-refractivity contribution in [1.82, 2.24) is 4.98 Å². The fourth-order valence-corrected chi connectivity index (χ4v) is 5.48. The molecular formula is C29H33F3N2O. The molecule has 0 aliphatic heterocycles. The minimum absolute atomic E-state index is 0.0443. The molecule has 1 aromatic heterocycles. The first-order valence-electron chi connectivity index (χ1n) is 12.3. The van der Waals surface area contributed by atoms with Crippen molar-refractivity contribution in [2.75, 3.05) is 7.11 Å². The average Bonchev–Trinajstić information content (AvgIpc) is 2.87. The molecular weight excluding hydrogens is 449 g/mol. The van der Waals surface area contributed by atoms with E-state index in [4.69, 9.17) is 10.5 Å². The van der Waals surface area contributed by atoms with Gasteiger partial charge in [0.1, 0.15) is 5.69 Å². The van der Waals surface area contributed by atoms with Crippen molar-refractivity contribution in [3.8, 4) is 11.1 Å². The molecule has 0 saturated heterocycles. The zero-order valence-electron chi connectivity index (χ0n) is 20.5. The molecule has 35 heavy (non-hydrogen) atoms. The number of fused-ring (bicyclic) bond motifs is 1. The second-order valence-corrected chi connectivity index (χ2v) is 9.29. The quantitative estimate of drug-likeness (QED) is 0.378. The van der Waals surface area contributed by atoms with Crippen LogP contribution in [-0.4, -0.2) is 12.1 Å². The minimum atomic E-state index is -4.57. The Kier molecular flexibility index (Phi) is 7.62. The molecule has 2 N–H and O–H groups in total. The summed E-state index contributed by atoms with van der Waals surface area (Å²) in [7, 11) is 1.48. The Morgan fingerprint density at radius 1 is 1.00 bits per heavy atom. The van der Waals surface area contributed by atoms with Crippen LogP contribution < -0.4 is 5.73 Å². The van der Waals surface area contributed by atoms with Gasteiger partial charge in [0.2, 0.25) is 0 Å². The summed E-state index contributed by atoms with van der Waals surface area (Å²) in [4.78, 5) is 3.97. The van der Waals surface area contributed by atoms with E-state index in [1.807, 2.05) is 42.5 Å². The van der Waals surface area contributed by atoms with Crippen molar-refractivity contribution in [3.63, 3.8) is 0 Å². The number of rotatable bonds is 7. The molecule has 3 aromatic rings. The highest BCUT2D eigenvalue weighted by Crippen LogP contribution is 2.44. The Labute approximate surface area is 205 Å². The normalized spacial score (nSPS) is 18.8. The lowest BCUT2D eigenvalue weighted by molar-refractivity contribution is -0.143. The lowest BCUT2D eigenvalue weighted by atomic mass is 9.77. The molecule has 0 radical (unpaired) electrons. The van der Waals surface area contributed by atoms with E-state index in [1.54, 1.807) is 6.07 Å². The fraction of sp³-hybridized carbons (Fsp3) is 0.414. The summed E-state index contributed by atoms with van der Waals surface area (Å²) < 4.78 is 48.1. The van der Waals surface area contributed by atoms with Crippen molar-refractivity contribution in [3.05, 3.63) is 88.2 Å². The number of aromatic nitrogens is 1. The summed E-state index contributed by atoms with van der Waals surface area (Å²) in [6, 6.07) is 15.6. The summed E-state index contributed by atoms with van der Waals surface area (Å²) in [5.41, 5.74) is 11.6. The molecule has 0 bridgehead atoms. The van der Waals surface area contributed by atoms with Gasteiger partial charge in [-0.1, -0.05) is 56.3 Å². The number of halogens is 3. The Morgan fingerprint density at radius 2 is 1.66 bits per heavy atom. The highest BCUT2D eigenvalue weighted by molar-refractivity contribution is 5.71. The van der Waals surface area contributed by atoms with Gasteiger partial charge in [0, 0.05) is 30.5 Å². The number of benzene rings is 2. The first kappa shape index (κ1) is 25.4. The van der Waals surface area contributed by atoms with Crippen LogP contribution in [0.1, 0.15) is 84.7 Å². The molecule has 0 spiro atoms. The smallest absolute Gasteiger partial charge is 0.377 e. The van der Waals surface area contributed by atoms with Gasteiger partial charge in [-0.2, -0.15) is 13.2 Å². The SMILES string of the molecule is CCc1cccc(CC)c1-c1cnc(C(F)(F)F)c([C@H](C[C@@H]2CC[C@H](N)c3ccccc32)OC)c1. The Morgan fingerprint density at radius 3 is 2.26 bits per heavy atom. The molecule has 1 aliphatic carbocycles. The summed E-state index contributed by atoms with van der Waals surface area (Å²) >= 11 is 0. The molecule has 0 fully saturated rings. The van der Waals surface area contributed by atoms with Gasteiger partial charge < -0.3 is 10.5 Å². The highest BCUT2D eigenvalue weighted by Gasteiger charge is 2.39. The third-order valence-corrected chi connectivity index (χ3v) is 7.26. The van der Waals surface area contributed by atoms with Crippen LogP contribution in [0.2, 0.25) is 0 Å². The highest BCUT2D eigenvalue weighted by atomic mass is 19.4. The largest absolute Gasteiger partial charge is 0.433 e. The van der Waals surface area contributed by atoms with E-state index < -0.39 is 18.0 Å². The van der Waals surface area contributed by atoms with Crippen LogP contribution in [-0.2, 0) is 23.8 Å². The second-order valence-electron chi connectivity index (χ2n) is 9.29. The van der Waals surface area contributed by atoms with E-state index in [2.05, 4.69) is 18.8 Å². The number of aryl methyl sites for hydroxylation is 2. The first-order chi connectivity index (χ1) is 16.8. The zero-order valence-corrected chi connectivity index (χ0v) is 20.5. The number of ether oxygens (including phenoxy) is 1. The third-order valence-electron chi connectivity index (χ3n) is 7.26. The van der Waals surface area contributed by atoms with Gasteiger partial charge >= 0.3 is 6.18 Å². The lowest BCUT2D eigenvalue weighted by Crippen LogP contribution is -2.23. The van der Waals surface area contributed by atoms with Crippen LogP contribution in [0.4, 0.5) is 13.2 Å². The fourth-order valence-electron chi connectivity index (χ4n) is 5.48.